The zero-order chi connectivity index (χ0) is 28.8. The van der Waals surface area contributed by atoms with E-state index in [0.717, 1.165) is 38.1 Å². The Labute approximate surface area is 237 Å². The Kier molecular flexibility index (Phi) is 7.18. The lowest BCUT2D eigenvalue weighted by Crippen LogP contribution is -2.46. The molecule has 1 unspecified atom stereocenters. The molecular formula is C30H35N5O4S. The van der Waals surface area contributed by atoms with Crippen LogP contribution in [-0.2, 0) is 4.74 Å². The molecule has 1 aliphatic heterocycles. The van der Waals surface area contributed by atoms with Crippen molar-refractivity contribution in [3.63, 3.8) is 0 Å². The number of aliphatic hydroxyl groups is 1. The van der Waals surface area contributed by atoms with Gasteiger partial charge in [0.05, 0.1) is 34.4 Å². The Balaban J connectivity index is 1.36. The fourth-order valence-electron chi connectivity index (χ4n) is 5.13. The van der Waals surface area contributed by atoms with Crippen molar-refractivity contribution in [1.82, 2.24) is 24.6 Å². The van der Waals surface area contributed by atoms with Crippen LogP contribution < -0.4 is 5.32 Å². The highest BCUT2D eigenvalue weighted by Gasteiger charge is 2.39. The van der Waals surface area contributed by atoms with Gasteiger partial charge in [-0.2, -0.15) is 0 Å². The van der Waals surface area contributed by atoms with Crippen molar-refractivity contribution in [3.05, 3.63) is 64.6 Å². The van der Waals surface area contributed by atoms with Crippen LogP contribution >= 0.6 is 11.3 Å². The van der Waals surface area contributed by atoms with E-state index in [0.29, 0.717) is 24.2 Å². The van der Waals surface area contributed by atoms with Crippen LogP contribution in [0.15, 0.2) is 42.6 Å². The minimum atomic E-state index is -1.22. The van der Waals surface area contributed by atoms with E-state index >= 15 is 0 Å². The van der Waals surface area contributed by atoms with Gasteiger partial charge in [-0.3, -0.25) is 4.79 Å². The molecule has 1 aliphatic rings. The van der Waals surface area contributed by atoms with Gasteiger partial charge in [-0.25, -0.2) is 14.8 Å². The molecule has 1 fully saturated rings. The lowest BCUT2D eigenvalue weighted by molar-refractivity contribution is 0.0284. The highest BCUT2D eigenvalue weighted by Crippen LogP contribution is 2.38. The molecule has 4 aromatic rings. The lowest BCUT2D eigenvalue weighted by atomic mass is 10.0. The van der Waals surface area contributed by atoms with Crippen molar-refractivity contribution in [2.24, 2.45) is 0 Å². The molecule has 2 amide bonds. The highest BCUT2D eigenvalue weighted by atomic mass is 32.1. The zero-order valence-corrected chi connectivity index (χ0v) is 24.6. The summed E-state index contributed by atoms with van der Waals surface area (Å²) in [4.78, 5) is 37.7. The third kappa shape index (κ3) is 5.59. The van der Waals surface area contributed by atoms with Gasteiger partial charge >= 0.3 is 6.09 Å². The molecule has 10 heteroatoms. The molecule has 0 aliphatic carbocycles. The molecule has 5 rings (SSSR count). The van der Waals surface area contributed by atoms with Crippen LogP contribution in [0, 0.1) is 20.8 Å². The summed E-state index contributed by atoms with van der Waals surface area (Å²) in [5.41, 5.74) is 4.26. The lowest BCUT2D eigenvalue weighted by Gasteiger charge is -2.25. The molecule has 0 radical (unpaired) electrons. The van der Waals surface area contributed by atoms with Crippen LogP contribution in [0.3, 0.4) is 0 Å². The van der Waals surface area contributed by atoms with E-state index in [1.807, 2.05) is 43.5 Å². The molecule has 1 atom stereocenters. The molecule has 9 nitrogen and oxygen atoms in total. The number of hydrogen-bond donors (Lipinski definition) is 2. The van der Waals surface area contributed by atoms with Gasteiger partial charge in [-0.05, 0) is 60.1 Å². The average Bonchev–Trinajstić information content (AvgIpc) is 3.55. The van der Waals surface area contributed by atoms with Crippen molar-refractivity contribution in [3.8, 4) is 21.7 Å². The number of fused-ring (bicyclic) bond motifs is 1. The summed E-state index contributed by atoms with van der Waals surface area (Å²) in [6.07, 6.45) is 1.63. The van der Waals surface area contributed by atoms with Gasteiger partial charge in [0.15, 0.2) is 0 Å². The van der Waals surface area contributed by atoms with Gasteiger partial charge in [-0.1, -0.05) is 24.3 Å². The number of likely N-dealkylation sites (tertiary alicyclic amines) is 1. The number of benzene rings is 1. The van der Waals surface area contributed by atoms with E-state index in [-0.39, 0.29) is 19.0 Å². The Morgan fingerprint density at radius 2 is 1.85 bits per heavy atom. The van der Waals surface area contributed by atoms with Crippen LogP contribution in [0.25, 0.3) is 27.3 Å². The van der Waals surface area contributed by atoms with Crippen LogP contribution in [0.2, 0.25) is 0 Å². The third-order valence-corrected chi connectivity index (χ3v) is 8.13. The van der Waals surface area contributed by atoms with Crippen LogP contribution in [0.1, 0.15) is 53.9 Å². The minimum Gasteiger partial charge on any atom is -0.444 e. The number of hydrogen-bond acceptors (Lipinski definition) is 7. The van der Waals surface area contributed by atoms with E-state index in [2.05, 4.69) is 22.4 Å². The third-order valence-electron chi connectivity index (χ3n) is 7.02. The number of amides is 2. The van der Waals surface area contributed by atoms with Crippen molar-refractivity contribution >= 4 is 29.0 Å². The number of pyridine rings is 1. The summed E-state index contributed by atoms with van der Waals surface area (Å²) in [6, 6.07) is 11.8. The van der Waals surface area contributed by atoms with Crippen LogP contribution in [-0.4, -0.2) is 67.2 Å². The Morgan fingerprint density at radius 1 is 1.12 bits per heavy atom. The smallest absolute Gasteiger partial charge is 0.407 e. The van der Waals surface area contributed by atoms with Crippen molar-refractivity contribution in [2.45, 2.75) is 59.2 Å². The SMILES string of the molecule is Cc1nc(C)c(-c2ccccc2-c2nc3cc(C(=O)N4CCC(O)(CNC(=O)OC(C)(C)C)C4)ccn3c2C)s1. The van der Waals surface area contributed by atoms with E-state index in [1.165, 1.54) is 0 Å². The maximum Gasteiger partial charge on any atom is 0.407 e. The molecule has 0 bridgehead atoms. The first-order chi connectivity index (χ1) is 18.8. The molecule has 0 spiro atoms. The van der Waals surface area contributed by atoms with Crippen molar-refractivity contribution in [1.29, 1.82) is 0 Å². The van der Waals surface area contributed by atoms with E-state index in [1.54, 1.807) is 49.1 Å². The Hall–Kier alpha value is -3.76. The number of ether oxygens (including phenoxy) is 1. The molecule has 2 N–H and O–H groups in total. The topological polar surface area (TPSA) is 109 Å². The largest absolute Gasteiger partial charge is 0.444 e. The number of aryl methyl sites for hydroxylation is 3. The van der Waals surface area contributed by atoms with Crippen molar-refractivity contribution < 1.29 is 19.4 Å². The van der Waals surface area contributed by atoms with Crippen molar-refractivity contribution in [2.75, 3.05) is 19.6 Å². The van der Waals surface area contributed by atoms with E-state index < -0.39 is 17.3 Å². The quantitative estimate of drug-likeness (QED) is 0.349. The number of alkyl carbamates (subject to hydrolysis) is 1. The highest BCUT2D eigenvalue weighted by molar-refractivity contribution is 7.15. The molecule has 3 aromatic heterocycles. The second-order valence-corrected chi connectivity index (χ2v) is 12.6. The van der Waals surface area contributed by atoms with Crippen LogP contribution in [0.5, 0.6) is 0 Å². The number of carbonyl (C=O) groups excluding carboxylic acids is 2. The van der Waals surface area contributed by atoms with Gasteiger partial charge in [-0.15, -0.1) is 11.3 Å². The number of rotatable bonds is 5. The molecule has 1 saturated heterocycles. The van der Waals surface area contributed by atoms with Crippen LogP contribution in [0.4, 0.5) is 4.79 Å². The maximum absolute atomic E-state index is 13.4. The number of β-amino-alcohol motifs (C(OH)–C–C–N with tert-alkyl or cyclic N) is 1. The zero-order valence-electron chi connectivity index (χ0n) is 23.7. The van der Waals surface area contributed by atoms with Gasteiger partial charge in [0.1, 0.15) is 16.8 Å². The second kappa shape index (κ2) is 10.3. The molecule has 40 heavy (non-hydrogen) atoms. The van der Waals surface area contributed by atoms with Gasteiger partial charge in [0, 0.05) is 35.1 Å². The summed E-state index contributed by atoms with van der Waals surface area (Å²) in [5, 5.41) is 14.6. The average molecular weight is 562 g/mol. The summed E-state index contributed by atoms with van der Waals surface area (Å²) in [6.45, 7) is 11.9. The monoisotopic (exact) mass is 561 g/mol. The summed E-state index contributed by atoms with van der Waals surface area (Å²) in [7, 11) is 0. The number of thiazole rings is 1. The molecule has 210 valence electrons. The normalized spacial score (nSPS) is 17.4. The molecule has 0 saturated carbocycles. The number of nitrogens with one attached hydrogen (secondary N) is 1. The minimum absolute atomic E-state index is 0.00566. The first-order valence-electron chi connectivity index (χ1n) is 13.3. The summed E-state index contributed by atoms with van der Waals surface area (Å²) >= 11 is 1.67. The fraction of sp³-hybridized carbons (Fsp3) is 0.400. The predicted molar refractivity (Wildman–Crippen MR) is 156 cm³/mol. The fourth-order valence-corrected chi connectivity index (χ4v) is 6.09. The Morgan fingerprint density at radius 3 is 2.52 bits per heavy atom. The maximum atomic E-state index is 13.4. The van der Waals surface area contributed by atoms with Gasteiger partial charge < -0.3 is 24.5 Å². The molecule has 4 heterocycles. The summed E-state index contributed by atoms with van der Waals surface area (Å²) < 4.78 is 7.24. The first kappa shape index (κ1) is 27.8. The number of carbonyl (C=O) groups is 2. The second-order valence-electron chi connectivity index (χ2n) is 11.4. The van der Waals surface area contributed by atoms with Gasteiger partial charge in [0.25, 0.3) is 5.91 Å². The first-order valence-corrected chi connectivity index (χ1v) is 14.2. The van der Waals surface area contributed by atoms with E-state index in [9.17, 15) is 14.7 Å². The molecular weight excluding hydrogens is 526 g/mol. The number of aromatic nitrogens is 3. The standard InChI is InChI=1S/C30H35N5O4S/c1-18-26(40-20(3)32-18)23-10-8-7-9-22(23)25-19(2)35-13-11-21(15-24(35)33-25)27(36)34-14-12-30(38,17-34)16-31-28(37)39-29(4,5)6/h7-11,13,15,38H,12,14,16-17H2,1-6H3,(H,31,37). The Bertz CT molecular complexity index is 1600. The number of imidazole rings is 1. The van der Waals surface area contributed by atoms with E-state index in [4.69, 9.17) is 9.72 Å². The summed E-state index contributed by atoms with van der Waals surface area (Å²) in [5.74, 6) is -0.186. The predicted octanol–water partition coefficient (Wildman–Crippen LogP) is 5.15. The molecule has 1 aromatic carbocycles. The number of nitrogens with zero attached hydrogens (tertiary/aromatic N) is 4. The van der Waals surface area contributed by atoms with Gasteiger partial charge in [0.2, 0.25) is 0 Å².